The lowest BCUT2D eigenvalue weighted by Gasteiger charge is -2.24. The quantitative estimate of drug-likeness (QED) is 0.626. The van der Waals surface area contributed by atoms with Gasteiger partial charge in [-0.2, -0.15) is 0 Å². The van der Waals surface area contributed by atoms with Crippen molar-refractivity contribution in [1.82, 2.24) is 4.57 Å². The fourth-order valence-corrected chi connectivity index (χ4v) is 4.44. The summed E-state index contributed by atoms with van der Waals surface area (Å²) in [5.74, 6) is -0.906. The van der Waals surface area contributed by atoms with Crippen molar-refractivity contribution in [3.05, 3.63) is 102 Å². The molecule has 1 aromatic heterocycles. The topological polar surface area (TPSA) is 60.7 Å². The molecule has 2 heterocycles. The van der Waals surface area contributed by atoms with Crippen LogP contribution in [0, 0.1) is 5.82 Å². The van der Waals surface area contributed by atoms with E-state index in [1.807, 2.05) is 30.3 Å². The van der Waals surface area contributed by atoms with Crippen LogP contribution in [-0.4, -0.2) is 17.6 Å². The highest BCUT2D eigenvalue weighted by Gasteiger charge is 2.32. The standard InChI is InChI=1S/C22H17FN2O3S/c1-13-18(21(27)28-2)19(15-8-4-3-5-9-15)25-20(26)17(29-22(25)24-13)12-14-7-6-10-16(23)11-14/h3-12,19H,1-2H3/t19-/m1/s1. The van der Waals surface area contributed by atoms with Gasteiger partial charge in [0.15, 0.2) is 4.80 Å². The maximum absolute atomic E-state index is 13.5. The molecule has 0 bridgehead atoms. The molecule has 0 fully saturated rings. The van der Waals surface area contributed by atoms with E-state index in [0.717, 1.165) is 5.56 Å². The van der Waals surface area contributed by atoms with E-state index in [-0.39, 0.29) is 11.4 Å². The fraction of sp³-hybridized carbons (Fsp3) is 0.136. The van der Waals surface area contributed by atoms with E-state index in [2.05, 4.69) is 4.99 Å². The number of benzene rings is 2. The van der Waals surface area contributed by atoms with Crippen LogP contribution in [0.25, 0.3) is 6.08 Å². The first kappa shape index (κ1) is 19.0. The van der Waals surface area contributed by atoms with Crippen molar-refractivity contribution in [3.63, 3.8) is 0 Å². The molecule has 146 valence electrons. The second-order valence-electron chi connectivity index (χ2n) is 6.54. The number of allylic oxidation sites excluding steroid dienone is 1. The molecule has 3 aromatic rings. The van der Waals surface area contributed by atoms with E-state index >= 15 is 0 Å². The van der Waals surface area contributed by atoms with Crippen molar-refractivity contribution < 1.29 is 13.9 Å². The molecule has 4 rings (SSSR count). The van der Waals surface area contributed by atoms with Gasteiger partial charge in [0.2, 0.25) is 0 Å². The summed E-state index contributed by atoms with van der Waals surface area (Å²) in [5.41, 5.74) is 1.89. The highest BCUT2D eigenvalue weighted by Crippen LogP contribution is 2.30. The summed E-state index contributed by atoms with van der Waals surface area (Å²) >= 11 is 1.21. The number of esters is 1. The Morgan fingerprint density at radius 3 is 2.66 bits per heavy atom. The van der Waals surface area contributed by atoms with Crippen LogP contribution in [0.3, 0.4) is 0 Å². The second kappa shape index (κ2) is 7.60. The molecule has 29 heavy (non-hydrogen) atoms. The summed E-state index contributed by atoms with van der Waals surface area (Å²) in [6.45, 7) is 1.73. The predicted octanol–water partition coefficient (Wildman–Crippen LogP) is 2.55. The minimum Gasteiger partial charge on any atom is -0.466 e. The van der Waals surface area contributed by atoms with Crippen LogP contribution in [0.1, 0.15) is 24.1 Å². The Labute approximate surface area is 169 Å². The van der Waals surface area contributed by atoms with Crippen LogP contribution in [0.2, 0.25) is 0 Å². The van der Waals surface area contributed by atoms with Crippen molar-refractivity contribution in [2.24, 2.45) is 4.99 Å². The van der Waals surface area contributed by atoms with Gasteiger partial charge in [-0.15, -0.1) is 0 Å². The molecule has 7 heteroatoms. The van der Waals surface area contributed by atoms with Crippen molar-refractivity contribution in [2.75, 3.05) is 7.11 Å². The molecule has 1 atom stereocenters. The van der Waals surface area contributed by atoms with Gasteiger partial charge in [-0.3, -0.25) is 9.36 Å². The van der Waals surface area contributed by atoms with Gasteiger partial charge in [0.1, 0.15) is 5.82 Å². The first-order valence-corrected chi connectivity index (χ1v) is 9.72. The number of hydrogen-bond donors (Lipinski definition) is 0. The Morgan fingerprint density at radius 2 is 1.97 bits per heavy atom. The highest BCUT2D eigenvalue weighted by atomic mass is 32.1. The molecular weight excluding hydrogens is 391 g/mol. The lowest BCUT2D eigenvalue weighted by atomic mass is 9.96. The number of thiazole rings is 1. The number of methoxy groups -OCH3 is 1. The highest BCUT2D eigenvalue weighted by molar-refractivity contribution is 7.07. The largest absolute Gasteiger partial charge is 0.466 e. The van der Waals surface area contributed by atoms with Crippen LogP contribution in [0.15, 0.2) is 75.7 Å². The normalized spacial score (nSPS) is 16.4. The van der Waals surface area contributed by atoms with Gasteiger partial charge in [-0.1, -0.05) is 53.8 Å². The lowest BCUT2D eigenvalue weighted by Crippen LogP contribution is -2.39. The number of halogens is 1. The Morgan fingerprint density at radius 1 is 1.21 bits per heavy atom. The molecule has 0 amide bonds. The molecule has 0 spiro atoms. The van der Waals surface area contributed by atoms with Crippen molar-refractivity contribution in [3.8, 4) is 0 Å². The molecule has 0 unspecified atom stereocenters. The number of ether oxygens (including phenoxy) is 1. The average molecular weight is 408 g/mol. The minimum atomic E-state index is -0.644. The number of carbonyl (C=O) groups is 1. The van der Waals surface area contributed by atoms with Crippen molar-refractivity contribution in [2.45, 2.75) is 13.0 Å². The lowest BCUT2D eigenvalue weighted by molar-refractivity contribution is -0.136. The van der Waals surface area contributed by atoms with Gasteiger partial charge in [-0.25, -0.2) is 14.2 Å². The first-order valence-electron chi connectivity index (χ1n) is 8.91. The molecule has 0 N–H and O–H groups in total. The number of carbonyl (C=O) groups excluding carboxylic acids is 1. The van der Waals surface area contributed by atoms with Gasteiger partial charge in [0, 0.05) is 0 Å². The van der Waals surface area contributed by atoms with E-state index < -0.39 is 12.0 Å². The predicted molar refractivity (Wildman–Crippen MR) is 109 cm³/mol. The zero-order valence-corrected chi connectivity index (χ0v) is 16.6. The summed E-state index contributed by atoms with van der Waals surface area (Å²) in [6, 6.07) is 14.7. The van der Waals surface area contributed by atoms with Crippen LogP contribution in [0.5, 0.6) is 0 Å². The molecule has 0 saturated heterocycles. The van der Waals surface area contributed by atoms with E-state index in [1.165, 1.54) is 35.1 Å². The van der Waals surface area contributed by atoms with Crippen LogP contribution < -0.4 is 14.9 Å². The van der Waals surface area contributed by atoms with E-state index in [1.54, 1.807) is 25.1 Å². The zero-order valence-electron chi connectivity index (χ0n) is 15.8. The molecule has 5 nitrogen and oxygen atoms in total. The maximum atomic E-state index is 13.5. The molecule has 1 aliphatic heterocycles. The number of nitrogens with zero attached hydrogens (tertiary/aromatic N) is 2. The number of fused-ring (bicyclic) bond motifs is 1. The van der Waals surface area contributed by atoms with Gasteiger partial charge in [-0.05, 0) is 36.3 Å². The molecule has 2 aromatic carbocycles. The van der Waals surface area contributed by atoms with Crippen molar-refractivity contribution >= 4 is 23.4 Å². The third-order valence-electron chi connectivity index (χ3n) is 4.69. The maximum Gasteiger partial charge on any atom is 0.338 e. The van der Waals surface area contributed by atoms with Crippen LogP contribution in [0.4, 0.5) is 4.39 Å². The van der Waals surface area contributed by atoms with E-state index in [4.69, 9.17) is 4.74 Å². The third-order valence-corrected chi connectivity index (χ3v) is 5.67. The monoisotopic (exact) mass is 408 g/mol. The SMILES string of the molecule is COC(=O)C1=C(C)N=c2sc(=Cc3cccc(F)c3)c(=O)n2[C@@H]1c1ccccc1. The molecule has 0 radical (unpaired) electrons. The van der Waals surface area contributed by atoms with Crippen LogP contribution >= 0.6 is 11.3 Å². The molecule has 0 aliphatic carbocycles. The Hall–Kier alpha value is -3.32. The summed E-state index contributed by atoms with van der Waals surface area (Å²) in [4.78, 5) is 30.7. The second-order valence-corrected chi connectivity index (χ2v) is 7.55. The van der Waals surface area contributed by atoms with Gasteiger partial charge in [0.25, 0.3) is 5.56 Å². The third kappa shape index (κ3) is 3.45. The Kier molecular flexibility index (Phi) is 4.98. The molecular formula is C22H17FN2O3S. The number of aromatic nitrogens is 1. The zero-order chi connectivity index (χ0) is 20.5. The van der Waals surface area contributed by atoms with E-state index in [0.29, 0.717) is 26.2 Å². The summed E-state index contributed by atoms with van der Waals surface area (Å²) in [5, 5.41) is 0. The summed E-state index contributed by atoms with van der Waals surface area (Å²) in [6.07, 6.45) is 1.63. The number of hydrogen-bond acceptors (Lipinski definition) is 5. The number of rotatable bonds is 3. The first-order chi connectivity index (χ1) is 14.0. The average Bonchev–Trinajstić information content (AvgIpc) is 3.02. The van der Waals surface area contributed by atoms with Gasteiger partial charge in [0.05, 0.1) is 29.0 Å². The molecule has 1 aliphatic rings. The minimum absolute atomic E-state index is 0.291. The van der Waals surface area contributed by atoms with Crippen LogP contribution in [-0.2, 0) is 9.53 Å². The molecule has 0 saturated carbocycles. The van der Waals surface area contributed by atoms with Crippen molar-refractivity contribution in [1.29, 1.82) is 0 Å². The van der Waals surface area contributed by atoms with E-state index in [9.17, 15) is 14.0 Å². The van der Waals surface area contributed by atoms with Gasteiger partial charge >= 0.3 is 5.97 Å². The summed E-state index contributed by atoms with van der Waals surface area (Å²) in [7, 11) is 1.31. The van der Waals surface area contributed by atoms with Gasteiger partial charge < -0.3 is 4.74 Å². The fourth-order valence-electron chi connectivity index (χ4n) is 3.39. The Balaban J connectivity index is 1.98. The smallest absolute Gasteiger partial charge is 0.338 e. The Bertz CT molecular complexity index is 1310. The summed E-state index contributed by atoms with van der Waals surface area (Å²) < 4.78 is 20.4.